The van der Waals surface area contributed by atoms with E-state index in [4.69, 9.17) is 11.5 Å². The van der Waals surface area contributed by atoms with Gasteiger partial charge in [0, 0.05) is 12.8 Å². The number of sulfone groups is 1. The molecule has 0 aliphatic heterocycles. The largest absolute Gasteiger partial charge is 0.480 e. The van der Waals surface area contributed by atoms with Gasteiger partial charge in [-0.05, 0) is 12.1 Å². The van der Waals surface area contributed by atoms with E-state index in [0.717, 1.165) is 0 Å². The first-order chi connectivity index (χ1) is 9.86. The molecule has 0 aromatic heterocycles. The third-order valence-corrected chi connectivity index (χ3v) is 4.39. The summed E-state index contributed by atoms with van der Waals surface area (Å²) in [5.74, 6) is -0.185. The van der Waals surface area contributed by atoms with Crippen LogP contribution in [-0.4, -0.2) is 37.2 Å². The fraction of sp³-hybridized carbons (Fsp3) is 0.286. The van der Waals surface area contributed by atoms with Gasteiger partial charge in [-0.3, -0.25) is 4.79 Å². The quantitative estimate of drug-likeness (QED) is 0.712. The molecule has 112 valence electrons. The van der Waals surface area contributed by atoms with Gasteiger partial charge in [0.2, 0.25) is 5.91 Å². The number of carbonyl (C=O) groups is 2. The van der Waals surface area contributed by atoms with Gasteiger partial charge in [0.15, 0.2) is 9.84 Å². The number of hydrogen-bond donors (Lipinski definition) is 2. The Balaban J connectivity index is 2.61. The van der Waals surface area contributed by atoms with E-state index in [1.165, 1.54) is 12.1 Å². The fourth-order valence-electron chi connectivity index (χ4n) is 1.56. The molecular weight excluding hydrogens is 294 g/mol. The van der Waals surface area contributed by atoms with Crippen LogP contribution in [0.15, 0.2) is 35.2 Å². The lowest BCUT2D eigenvalue weighted by Crippen LogP contribution is -2.41. The predicted molar refractivity (Wildman–Crippen MR) is 76.1 cm³/mol. The van der Waals surface area contributed by atoms with Crippen molar-refractivity contribution in [1.29, 1.82) is 0 Å². The second kappa shape index (κ2) is 7.45. The van der Waals surface area contributed by atoms with Gasteiger partial charge in [0.05, 0.1) is 10.6 Å². The Morgan fingerprint density at radius 3 is 2.43 bits per heavy atom. The van der Waals surface area contributed by atoms with E-state index < -0.39 is 33.5 Å². The SMILES string of the molecule is C#CCC(NC(=O)CCS(=O)(=O)c1ccccc1)C(=O)O. The predicted octanol–water partition coefficient (Wildman–Crippen LogP) is 0.443. The van der Waals surface area contributed by atoms with Crippen LogP contribution in [0, 0.1) is 12.3 Å². The minimum atomic E-state index is -3.57. The average molecular weight is 309 g/mol. The van der Waals surface area contributed by atoms with Gasteiger partial charge >= 0.3 is 5.97 Å². The van der Waals surface area contributed by atoms with Crippen molar-refractivity contribution in [3.05, 3.63) is 30.3 Å². The van der Waals surface area contributed by atoms with Crippen molar-refractivity contribution in [2.45, 2.75) is 23.8 Å². The third kappa shape index (κ3) is 5.28. The summed E-state index contributed by atoms with van der Waals surface area (Å²) >= 11 is 0. The zero-order valence-corrected chi connectivity index (χ0v) is 12.0. The molecule has 1 unspecified atom stereocenters. The maximum absolute atomic E-state index is 12.0. The number of benzene rings is 1. The van der Waals surface area contributed by atoms with E-state index in [9.17, 15) is 18.0 Å². The van der Waals surface area contributed by atoms with Crippen LogP contribution in [0.3, 0.4) is 0 Å². The maximum atomic E-state index is 12.0. The van der Waals surface area contributed by atoms with Crippen LogP contribution in [0.5, 0.6) is 0 Å². The van der Waals surface area contributed by atoms with Gasteiger partial charge in [-0.25, -0.2) is 13.2 Å². The van der Waals surface area contributed by atoms with Crippen molar-refractivity contribution in [2.75, 3.05) is 5.75 Å². The minimum absolute atomic E-state index is 0.121. The smallest absolute Gasteiger partial charge is 0.327 e. The lowest BCUT2D eigenvalue weighted by molar-refractivity contribution is -0.141. The molecule has 0 aliphatic rings. The Bertz CT molecular complexity index is 646. The first-order valence-corrected chi connectivity index (χ1v) is 7.75. The van der Waals surface area contributed by atoms with Gasteiger partial charge in [-0.15, -0.1) is 12.3 Å². The van der Waals surface area contributed by atoms with Crippen LogP contribution in [-0.2, 0) is 19.4 Å². The topological polar surface area (TPSA) is 101 Å². The molecule has 0 saturated carbocycles. The summed E-state index contributed by atoms with van der Waals surface area (Å²) in [6.07, 6.45) is 4.51. The molecule has 1 amide bonds. The fourth-order valence-corrected chi connectivity index (χ4v) is 2.82. The molecule has 21 heavy (non-hydrogen) atoms. The summed E-state index contributed by atoms with van der Waals surface area (Å²) in [6, 6.07) is 6.52. The van der Waals surface area contributed by atoms with Gasteiger partial charge in [-0.1, -0.05) is 18.2 Å². The Hall–Kier alpha value is -2.33. The molecule has 0 heterocycles. The highest BCUT2D eigenvalue weighted by Crippen LogP contribution is 2.11. The molecule has 1 rings (SSSR count). The van der Waals surface area contributed by atoms with Crippen molar-refractivity contribution < 1.29 is 23.1 Å². The van der Waals surface area contributed by atoms with Gasteiger partial charge in [0.25, 0.3) is 0 Å². The van der Waals surface area contributed by atoms with E-state index in [1.54, 1.807) is 18.2 Å². The molecule has 7 heteroatoms. The lowest BCUT2D eigenvalue weighted by Gasteiger charge is -2.11. The Labute approximate surface area is 123 Å². The summed E-state index contributed by atoms with van der Waals surface area (Å²) < 4.78 is 23.9. The van der Waals surface area contributed by atoms with Gasteiger partial charge in [0.1, 0.15) is 6.04 Å². The van der Waals surface area contributed by atoms with Crippen molar-refractivity contribution >= 4 is 21.7 Å². The number of terminal acetylenes is 1. The normalized spacial score (nSPS) is 12.1. The summed E-state index contributed by atoms with van der Waals surface area (Å²) in [5, 5.41) is 11.0. The van der Waals surface area contributed by atoms with Gasteiger partial charge < -0.3 is 10.4 Å². The van der Waals surface area contributed by atoms with Crippen LogP contribution in [0.4, 0.5) is 0 Å². The van der Waals surface area contributed by atoms with Crippen LogP contribution >= 0.6 is 0 Å². The first kappa shape index (κ1) is 16.7. The van der Waals surface area contributed by atoms with E-state index in [1.807, 2.05) is 0 Å². The second-order valence-electron chi connectivity index (χ2n) is 4.25. The van der Waals surface area contributed by atoms with Crippen molar-refractivity contribution in [1.82, 2.24) is 5.32 Å². The lowest BCUT2D eigenvalue weighted by atomic mass is 10.2. The van der Waals surface area contributed by atoms with Crippen LogP contribution in [0.2, 0.25) is 0 Å². The molecule has 0 spiro atoms. The Kier molecular flexibility index (Phi) is 5.93. The van der Waals surface area contributed by atoms with E-state index in [2.05, 4.69) is 11.2 Å². The van der Waals surface area contributed by atoms with E-state index in [-0.39, 0.29) is 17.7 Å². The second-order valence-corrected chi connectivity index (χ2v) is 6.36. The van der Waals surface area contributed by atoms with Crippen LogP contribution in [0.1, 0.15) is 12.8 Å². The summed E-state index contributed by atoms with van der Waals surface area (Å²) in [5.41, 5.74) is 0. The highest BCUT2D eigenvalue weighted by Gasteiger charge is 2.21. The molecule has 1 aromatic rings. The number of nitrogens with one attached hydrogen (secondary N) is 1. The Morgan fingerprint density at radius 2 is 1.90 bits per heavy atom. The number of carboxylic acids is 1. The summed E-state index contributed by atoms with van der Waals surface area (Å²) in [6.45, 7) is 0. The zero-order chi connectivity index (χ0) is 15.9. The number of hydrogen-bond acceptors (Lipinski definition) is 4. The molecule has 0 fully saturated rings. The molecule has 0 saturated heterocycles. The van der Waals surface area contributed by atoms with Crippen LogP contribution < -0.4 is 5.32 Å². The highest BCUT2D eigenvalue weighted by atomic mass is 32.2. The number of aliphatic carboxylic acids is 1. The molecule has 1 aromatic carbocycles. The van der Waals surface area contributed by atoms with E-state index in [0.29, 0.717) is 0 Å². The summed E-state index contributed by atoms with van der Waals surface area (Å²) in [4.78, 5) is 22.5. The molecule has 1 atom stereocenters. The average Bonchev–Trinajstić information content (AvgIpc) is 2.45. The minimum Gasteiger partial charge on any atom is -0.480 e. The highest BCUT2D eigenvalue weighted by molar-refractivity contribution is 7.91. The number of rotatable bonds is 7. The molecule has 2 N–H and O–H groups in total. The molecular formula is C14H15NO5S. The standard InChI is InChI=1S/C14H15NO5S/c1-2-6-12(14(17)18)15-13(16)9-10-21(19,20)11-7-4-3-5-8-11/h1,3-5,7-8,12H,6,9-10H2,(H,15,16)(H,17,18). The third-order valence-electron chi connectivity index (χ3n) is 2.66. The maximum Gasteiger partial charge on any atom is 0.327 e. The summed E-state index contributed by atoms with van der Waals surface area (Å²) in [7, 11) is -3.57. The number of carboxylic acid groups (broad SMARTS) is 1. The molecule has 0 aliphatic carbocycles. The van der Waals surface area contributed by atoms with E-state index >= 15 is 0 Å². The molecule has 0 radical (unpaired) electrons. The monoisotopic (exact) mass is 309 g/mol. The van der Waals surface area contributed by atoms with Gasteiger partial charge in [-0.2, -0.15) is 0 Å². The number of amides is 1. The Morgan fingerprint density at radius 1 is 1.29 bits per heavy atom. The van der Waals surface area contributed by atoms with Crippen LogP contribution in [0.25, 0.3) is 0 Å². The number of carbonyl (C=O) groups excluding carboxylic acids is 1. The van der Waals surface area contributed by atoms with Crippen molar-refractivity contribution in [3.63, 3.8) is 0 Å². The molecule has 6 nitrogen and oxygen atoms in total. The molecule has 0 bridgehead atoms. The van der Waals surface area contributed by atoms with Crippen molar-refractivity contribution in [2.24, 2.45) is 0 Å². The zero-order valence-electron chi connectivity index (χ0n) is 11.2. The van der Waals surface area contributed by atoms with Crippen molar-refractivity contribution in [3.8, 4) is 12.3 Å². The first-order valence-electron chi connectivity index (χ1n) is 6.10.